The Labute approximate surface area is 161 Å². The summed E-state index contributed by atoms with van der Waals surface area (Å²) in [6.45, 7) is 2.75. The van der Waals surface area contributed by atoms with Crippen molar-refractivity contribution in [2.45, 2.75) is 43.8 Å². The van der Waals surface area contributed by atoms with E-state index in [2.05, 4.69) is 23.9 Å². The lowest BCUT2D eigenvalue weighted by Crippen LogP contribution is -2.40. The van der Waals surface area contributed by atoms with E-state index in [-0.39, 0.29) is 5.60 Å². The molecular formula is C21H29ClN2O2. The summed E-state index contributed by atoms with van der Waals surface area (Å²) in [6, 6.07) is 7.92. The van der Waals surface area contributed by atoms with Crippen molar-refractivity contribution in [2.75, 3.05) is 33.7 Å². The van der Waals surface area contributed by atoms with E-state index >= 15 is 0 Å². The van der Waals surface area contributed by atoms with Gasteiger partial charge in [-0.15, -0.1) is 0 Å². The second-order valence-corrected chi connectivity index (χ2v) is 8.98. The van der Waals surface area contributed by atoms with Crippen LogP contribution in [-0.4, -0.2) is 61.1 Å². The number of fused-ring (bicyclic) bond motifs is 1. The van der Waals surface area contributed by atoms with Gasteiger partial charge in [-0.25, -0.2) is 0 Å². The highest BCUT2D eigenvalue weighted by atomic mass is 35.5. The lowest BCUT2D eigenvalue weighted by Gasteiger charge is -2.30. The zero-order valence-corrected chi connectivity index (χ0v) is 16.5. The predicted octanol–water partition coefficient (Wildman–Crippen LogP) is 3.23. The fourth-order valence-corrected chi connectivity index (χ4v) is 5.43. The molecule has 2 bridgehead atoms. The summed E-state index contributed by atoms with van der Waals surface area (Å²) in [5, 5.41) is 0.759. The van der Waals surface area contributed by atoms with Gasteiger partial charge in [0.1, 0.15) is 0 Å². The Hall–Kier alpha value is -1.10. The van der Waals surface area contributed by atoms with Gasteiger partial charge < -0.3 is 14.5 Å². The highest BCUT2D eigenvalue weighted by molar-refractivity contribution is 6.30. The molecule has 3 saturated heterocycles. The molecule has 1 aromatic rings. The van der Waals surface area contributed by atoms with E-state index in [1.807, 2.05) is 24.3 Å². The Kier molecular flexibility index (Phi) is 5.02. The molecule has 4 nitrogen and oxygen atoms in total. The molecule has 3 aliphatic heterocycles. The van der Waals surface area contributed by atoms with Crippen molar-refractivity contribution in [2.24, 2.45) is 11.8 Å². The van der Waals surface area contributed by atoms with Crippen LogP contribution in [0.1, 0.15) is 31.2 Å². The highest BCUT2D eigenvalue weighted by Crippen LogP contribution is 2.54. The van der Waals surface area contributed by atoms with Crippen LogP contribution >= 0.6 is 11.6 Å². The Bertz CT molecular complexity index is 662. The topological polar surface area (TPSA) is 32.8 Å². The summed E-state index contributed by atoms with van der Waals surface area (Å²) >= 11 is 5.93. The first kappa shape index (κ1) is 18.3. The van der Waals surface area contributed by atoms with E-state index in [0.29, 0.717) is 30.3 Å². The van der Waals surface area contributed by atoms with Crippen LogP contribution in [0.15, 0.2) is 24.3 Å². The first-order valence-electron chi connectivity index (χ1n) is 9.82. The molecule has 3 fully saturated rings. The number of benzene rings is 1. The van der Waals surface area contributed by atoms with Crippen LogP contribution in [0.2, 0.25) is 5.02 Å². The molecule has 26 heavy (non-hydrogen) atoms. The van der Waals surface area contributed by atoms with Gasteiger partial charge in [0.05, 0.1) is 18.2 Å². The molecule has 1 amide bonds. The first-order valence-corrected chi connectivity index (χ1v) is 10.2. The lowest BCUT2D eigenvalue weighted by atomic mass is 9.73. The molecule has 0 radical (unpaired) electrons. The van der Waals surface area contributed by atoms with Crippen molar-refractivity contribution >= 4 is 17.5 Å². The summed E-state index contributed by atoms with van der Waals surface area (Å²) in [5.74, 6) is 1.38. The molecule has 1 spiro atoms. The standard InChI is InChI=1S/C21H29ClN2O2/c1-23(2)12-17-18-13-24(14-21(18)11-10-19(17)26-21)20(25)5-3-4-15-6-8-16(22)9-7-15/h6-9,17-19H,3-5,10-14H2,1-2H3/t17-,18+,19+,21+/m0/s1. The van der Waals surface area contributed by atoms with E-state index in [0.717, 1.165) is 50.3 Å². The molecule has 142 valence electrons. The average Bonchev–Trinajstić information content (AvgIpc) is 3.26. The number of hydrogen-bond acceptors (Lipinski definition) is 3. The van der Waals surface area contributed by atoms with E-state index in [1.54, 1.807) is 0 Å². The molecule has 3 aliphatic rings. The lowest BCUT2D eigenvalue weighted by molar-refractivity contribution is -0.131. The highest BCUT2D eigenvalue weighted by Gasteiger charge is 2.63. The van der Waals surface area contributed by atoms with Crippen LogP contribution in [0.3, 0.4) is 0 Å². The number of amides is 1. The SMILES string of the molecule is CN(C)C[C@H]1[C@H]2CN(C(=O)CCCc3ccc(Cl)cc3)C[C@]23CC[C@H]1O3. The largest absolute Gasteiger partial charge is 0.369 e. The average molecular weight is 377 g/mol. The third-order valence-electron chi connectivity index (χ3n) is 6.48. The quantitative estimate of drug-likeness (QED) is 0.764. The van der Waals surface area contributed by atoms with E-state index in [4.69, 9.17) is 16.3 Å². The molecule has 4 rings (SSSR count). The number of aryl methyl sites for hydroxylation is 1. The van der Waals surface area contributed by atoms with Crippen molar-refractivity contribution in [3.63, 3.8) is 0 Å². The van der Waals surface area contributed by atoms with Crippen LogP contribution in [0, 0.1) is 11.8 Å². The van der Waals surface area contributed by atoms with E-state index in [9.17, 15) is 4.79 Å². The van der Waals surface area contributed by atoms with Crippen LogP contribution in [0.25, 0.3) is 0 Å². The summed E-state index contributed by atoms with van der Waals surface area (Å²) in [7, 11) is 4.26. The number of nitrogens with zero attached hydrogens (tertiary/aromatic N) is 2. The zero-order valence-electron chi connectivity index (χ0n) is 15.8. The van der Waals surface area contributed by atoms with Crippen molar-refractivity contribution in [3.8, 4) is 0 Å². The van der Waals surface area contributed by atoms with Crippen LogP contribution in [0.5, 0.6) is 0 Å². The number of carbonyl (C=O) groups is 1. The predicted molar refractivity (Wildman–Crippen MR) is 103 cm³/mol. The van der Waals surface area contributed by atoms with Gasteiger partial charge in [0.25, 0.3) is 0 Å². The van der Waals surface area contributed by atoms with Gasteiger partial charge >= 0.3 is 0 Å². The maximum absolute atomic E-state index is 12.8. The normalized spacial score (nSPS) is 32.5. The molecule has 1 aromatic carbocycles. The number of hydrogen-bond donors (Lipinski definition) is 0. The smallest absolute Gasteiger partial charge is 0.222 e. The van der Waals surface area contributed by atoms with Gasteiger partial charge in [-0.2, -0.15) is 0 Å². The fourth-order valence-electron chi connectivity index (χ4n) is 5.30. The Morgan fingerprint density at radius 2 is 2.12 bits per heavy atom. The number of halogens is 1. The van der Waals surface area contributed by atoms with E-state index in [1.165, 1.54) is 5.56 Å². The summed E-state index contributed by atoms with van der Waals surface area (Å²) in [4.78, 5) is 17.1. The van der Waals surface area contributed by atoms with Crippen molar-refractivity contribution in [3.05, 3.63) is 34.9 Å². The number of rotatable bonds is 6. The second kappa shape index (κ2) is 7.14. The summed E-state index contributed by atoms with van der Waals surface area (Å²) in [5.41, 5.74) is 1.20. The maximum Gasteiger partial charge on any atom is 0.222 e. The molecule has 0 saturated carbocycles. The van der Waals surface area contributed by atoms with Crippen molar-refractivity contribution in [1.29, 1.82) is 0 Å². The minimum Gasteiger partial charge on any atom is -0.369 e. The Morgan fingerprint density at radius 3 is 2.85 bits per heavy atom. The molecule has 5 heteroatoms. The second-order valence-electron chi connectivity index (χ2n) is 8.55. The molecule has 0 N–H and O–H groups in total. The third kappa shape index (κ3) is 3.39. The minimum atomic E-state index is -0.0445. The molecule has 0 unspecified atom stereocenters. The summed E-state index contributed by atoms with van der Waals surface area (Å²) in [6.07, 6.45) is 5.12. The molecule has 4 atom stereocenters. The van der Waals surface area contributed by atoms with E-state index < -0.39 is 0 Å². The molecule has 3 heterocycles. The van der Waals surface area contributed by atoms with Gasteiger partial charge in [-0.3, -0.25) is 4.79 Å². The molecule has 0 aliphatic carbocycles. The van der Waals surface area contributed by atoms with Crippen LogP contribution in [0.4, 0.5) is 0 Å². The van der Waals surface area contributed by atoms with Crippen LogP contribution < -0.4 is 0 Å². The van der Waals surface area contributed by atoms with Gasteiger partial charge in [0.2, 0.25) is 5.91 Å². The summed E-state index contributed by atoms with van der Waals surface area (Å²) < 4.78 is 6.43. The van der Waals surface area contributed by atoms with Gasteiger partial charge in [0, 0.05) is 36.4 Å². The number of carbonyl (C=O) groups excluding carboxylic acids is 1. The number of ether oxygens (including phenoxy) is 1. The third-order valence-corrected chi connectivity index (χ3v) is 6.73. The fraction of sp³-hybridized carbons (Fsp3) is 0.667. The first-order chi connectivity index (χ1) is 12.5. The molecular weight excluding hydrogens is 348 g/mol. The van der Waals surface area contributed by atoms with Crippen molar-refractivity contribution in [1.82, 2.24) is 9.80 Å². The molecule has 0 aromatic heterocycles. The van der Waals surface area contributed by atoms with Crippen LogP contribution in [-0.2, 0) is 16.0 Å². The Morgan fingerprint density at radius 1 is 1.35 bits per heavy atom. The number of likely N-dealkylation sites (tertiary alicyclic amines) is 1. The zero-order chi connectivity index (χ0) is 18.3. The van der Waals surface area contributed by atoms with Gasteiger partial charge in [-0.1, -0.05) is 23.7 Å². The van der Waals surface area contributed by atoms with Crippen molar-refractivity contribution < 1.29 is 9.53 Å². The van der Waals surface area contributed by atoms with Gasteiger partial charge in [0.15, 0.2) is 0 Å². The van der Waals surface area contributed by atoms with Gasteiger partial charge in [-0.05, 0) is 57.5 Å². The monoisotopic (exact) mass is 376 g/mol. The maximum atomic E-state index is 12.8. The minimum absolute atomic E-state index is 0.0445. The Balaban J connectivity index is 1.32.